The second kappa shape index (κ2) is 4.47. The highest BCUT2D eigenvalue weighted by Crippen LogP contribution is 2.23. The maximum Gasteiger partial charge on any atom is 0.329 e. The van der Waals surface area contributed by atoms with Gasteiger partial charge in [-0.1, -0.05) is 12.1 Å². The minimum Gasteiger partial charge on any atom is -0.480 e. The van der Waals surface area contributed by atoms with Crippen LogP contribution in [0.5, 0.6) is 0 Å². The van der Waals surface area contributed by atoms with E-state index in [-0.39, 0.29) is 11.3 Å². The lowest BCUT2D eigenvalue weighted by Gasteiger charge is -2.08. The summed E-state index contributed by atoms with van der Waals surface area (Å²) in [6.45, 7) is 0. The van der Waals surface area contributed by atoms with Crippen LogP contribution in [0.3, 0.4) is 0 Å². The molecule has 0 aromatic heterocycles. The second-order valence-electron chi connectivity index (χ2n) is 3.08. The number of benzene rings is 1. The van der Waals surface area contributed by atoms with Crippen LogP contribution < -0.4 is 0 Å². The number of aliphatic carboxylic acids is 1. The van der Waals surface area contributed by atoms with Gasteiger partial charge < -0.3 is 5.11 Å². The van der Waals surface area contributed by atoms with Crippen molar-refractivity contribution in [2.75, 3.05) is 0 Å². The smallest absolute Gasteiger partial charge is 0.329 e. The summed E-state index contributed by atoms with van der Waals surface area (Å²) in [7, 11) is -4.82. The zero-order valence-corrected chi connectivity index (χ0v) is 8.99. The molecule has 0 fully saturated rings. The summed E-state index contributed by atoms with van der Waals surface area (Å²) in [4.78, 5) is 20.3. The number of carbonyl (C=O) groups is 1. The molecule has 0 amide bonds. The summed E-state index contributed by atoms with van der Waals surface area (Å²) in [5.41, 5.74) is -0.571. The summed E-state index contributed by atoms with van der Waals surface area (Å²) in [5.74, 6) is -1.76. The number of rotatable bonds is 4. The van der Waals surface area contributed by atoms with Gasteiger partial charge in [0, 0.05) is 12.1 Å². The summed E-state index contributed by atoms with van der Waals surface area (Å²) >= 11 is 0. The summed E-state index contributed by atoms with van der Waals surface area (Å²) in [6.07, 6.45) is 0. The van der Waals surface area contributed by atoms with E-state index < -0.39 is 26.3 Å². The largest absolute Gasteiger partial charge is 0.480 e. The summed E-state index contributed by atoms with van der Waals surface area (Å²) in [5, 5.41) is 16.9. The van der Waals surface area contributed by atoms with Crippen molar-refractivity contribution >= 4 is 21.8 Å². The molecule has 0 aliphatic heterocycles. The standard InChI is InChI=1S/C8H7NO7S/c10-8(11)7(17(14,15)16)5-1-3-6(4-2-5)9(12)13/h1-4,7H,(H,10,11)(H,14,15,16). The highest BCUT2D eigenvalue weighted by Gasteiger charge is 2.32. The summed E-state index contributed by atoms with van der Waals surface area (Å²) in [6, 6.07) is 3.84. The van der Waals surface area contributed by atoms with Crippen molar-refractivity contribution < 1.29 is 27.8 Å². The average Bonchev–Trinajstić information content (AvgIpc) is 2.15. The zero-order valence-electron chi connectivity index (χ0n) is 8.18. The lowest BCUT2D eigenvalue weighted by Crippen LogP contribution is -2.21. The lowest BCUT2D eigenvalue weighted by atomic mass is 10.1. The minimum absolute atomic E-state index is 0.259. The van der Waals surface area contributed by atoms with Crippen LogP contribution in [0.25, 0.3) is 0 Å². The Bertz CT molecular complexity index is 548. The Morgan fingerprint density at radius 2 is 1.76 bits per heavy atom. The fraction of sp³-hybridized carbons (Fsp3) is 0.125. The molecule has 1 atom stereocenters. The number of hydrogen-bond acceptors (Lipinski definition) is 5. The van der Waals surface area contributed by atoms with Crippen molar-refractivity contribution in [3.63, 3.8) is 0 Å². The minimum atomic E-state index is -4.82. The van der Waals surface area contributed by atoms with E-state index in [0.29, 0.717) is 0 Å². The lowest BCUT2D eigenvalue weighted by molar-refractivity contribution is -0.384. The molecule has 0 radical (unpaired) electrons. The van der Waals surface area contributed by atoms with Gasteiger partial charge in [-0.05, 0) is 5.56 Å². The Balaban J connectivity index is 3.22. The highest BCUT2D eigenvalue weighted by molar-refractivity contribution is 7.86. The number of nitro groups is 1. The number of non-ortho nitro benzene ring substituents is 1. The van der Waals surface area contributed by atoms with Gasteiger partial charge in [0.25, 0.3) is 15.8 Å². The van der Waals surface area contributed by atoms with Crippen LogP contribution >= 0.6 is 0 Å². The van der Waals surface area contributed by atoms with E-state index in [1.54, 1.807) is 0 Å². The topological polar surface area (TPSA) is 135 Å². The molecule has 92 valence electrons. The fourth-order valence-electron chi connectivity index (χ4n) is 1.21. The Morgan fingerprint density at radius 3 is 2.06 bits per heavy atom. The molecule has 2 N–H and O–H groups in total. The van der Waals surface area contributed by atoms with E-state index in [2.05, 4.69) is 0 Å². The fourth-order valence-corrected chi connectivity index (χ4v) is 1.97. The molecule has 0 saturated heterocycles. The number of carboxylic acids is 1. The van der Waals surface area contributed by atoms with Gasteiger partial charge in [0.05, 0.1) is 4.92 Å². The molecule has 0 aliphatic rings. The van der Waals surface area contributed by atoms with Crippen LogP contribution in [0, 0.1) is 10.1 Å². The van der Waals surface area contributed by atoms with Gasteiger partial charge in [-0.25, -0.2) is 0 Å². The number of hydrogen-bond donors (Lipinski definition) is 2. The molecule has 8 nitrogen and oxygen atoms in total. The normalized spacial score (nSPS) is 13.0. The molecule has 17 heavy (non-hydrogen) atoms. The third kappa shape index (κ3) is 2.98. The number of nitro benzene ring substituents is 1. The zero-order chi connectivity index (χ0) is 13.2. The quantitative estimate of drug-likeness (QED) is 0.460. The van der Waals surface area contributed by atoms with E-state index in [1.807, 2.05) is 0 Å². The highest BCUT2D eigenvalue weighted by atomic mass is 32.2. The first-order valence-electron chi connectivity index (χ1n) is 4.17. The Morgan fingerprint density at radius 1 is 1.29 bits per heavy atom. The Labute approximate surface area is 95.4 Å². The van der Waals surface area contributed by atoms with Crippen molar-refractivity contribution in [1.82, 2.24) is 0 Å². The van der Waals surface area contributed by atoms with Crippen molar-refractivity contribution in [3.8, 4) is 0 Å². The molecule has 1 aromatic rings. The van der Waals surface area contributed by atoms with Crippen molar-refractivity contribution in [3.05, 3.63) is 39.9 Å². The monoisotopic (exact) mass is 261 g/mol. The van der Waals surface area contributed by atoms with Gasteiger partial charge in [0.1, 0.15) is 0 Å². The molecular formula is C8H7NO7S. The molecule has 1 rings (SSSR count). The number of nitrogens with zero attached hydrogens (tertiary/aromatic N) is 1. The maximum atomic E-state index is 10.8. The van der Waals surface area contributed by atoms with Gasteiger partial charge in [0.15, 0.2) is 0 Å². The Hall–Kier alpha value is -2.00. The van der Waals surface area contributed by atoms with E-state index in [0.717, 1.165) is 24.3 Å². The van der Waals surface area contributed by atoms with E-state index in [1.165, 1.54) is 0 Å². The number of carboxylic acid groups (broad SMARTS) is 1. The van der Waals surface area contributed by atoms with Crippen molar-refractivity contribution in [2.45, 2.75) is 5.25 Å². The van der Waals surface area contributed by atoms with Gasteiger partial charge in [0.2, 0.25) is 5.25 Å². The predicted octanol–water partition coefficient (Wildman–Crippen LogP) is 0.608. The maximum absolute atomic E-state index is 10.8. The molecule has 1 aromatic carbocycles. The van der Waals surface area contributed by atoms with E-state index in [9.17, 15) is 23.3 Å². The van der Waals surface area contributed by atoms with Gasteiger partial charge >= 0.3 is 5.97 Å². The summed E-state index contributed by atoms with van der Waals surface area (Å²) < 4.78 is 30.4. The van der Waals surface area contributed by atoms with Crippen molar-refractivity contribution in [1.29, 1.82) is 0 Å². The Kier molecular flexibility index (Phi) is 3.44. The molecule has 0 saturated carbocycles. The van der Waals surface area contributed by atoms with E-state index >= 15 is 0 Å². The first-order chi connectivity index (χ1) is 7.73. The third-order valence-electron chi connectivity index (χ3n) is 1.93. The first-order valence-corrected chi connectivity index (χ1v) is 5.67. The average molecular weight is 261 g/mol. The second-order valence-corrected chi connectivity index (χ2v) is 4.58. The van der Waals surface area contributed by atoms with Crippen molar-refractivity contribution in [2.24, 2.45) is 0 Å². The van der Waals surface area contributed by atoms with Gasteiger partial charge in [-0.3, -0.25) is 19.5 Å². The van der Waals surface area contributed by atoms with Crippen LogP contribution in [0.1, 0.15) is 10.8 Å². The SMILES string of the molecule is O=C(O)C(c1ccc([N+](=O)[O-])cc1)S(=O)(=O)O. The molecule has 9 heteroatoms. The van der Waals surface area contributed by atoms with Gasteiger partial charge in [-0.15, -0.1) is 0 Å². The first kappa shape index (κ1) is 13.1. The van der Waals surface area contributed by atoms with Crippen LogP contribution in [-0.2, 0) is 14.9 Å². The molecule has 0 heterocycles. The predicted molar refractivity (Wildman–Crippen MR) is 55.0 cm³/mol. The van der Waals surface area contributed by atoms with Crippen LogP contribution in [0.15, 0.2) is 24.3 Å². The van der Waals surface area contributed by atoms with Crippen LogP contribution in [-0.4, -0.2) is 29.0 Å². The van der Waals surface area contributed by atoms with Crippen LogP contribution in [0.4, 0.5) is 5.69 Å². The molecular weight excluding hydrogens is 254 g/mol. The third-order valence-corrected chi connectivity index (χ3v) is 3.00. The van der Waals surface area contributed by atoms with Crippen LogP contribution in [0.2, 0.25) is 0 Å². The van der Waals surface area contributed by atoms with Gasteiger partial charge in [-0.2, -0.15) is 8.42 Å². The molecule has 0 spiro atoms. The molecule has 0 bridgehead atoms. The molecule has 1 unspecified atom stereocenters. The molecule has 0 aliphatic carbocycles. The van der Waals surface area contributed by atoms with E-state index in [4.69, 9.17) is 9.66 Å².